The van der Waals surface area contributed by atoms with Crippen molar-refractivity contribution in [2.24, 2.45) is 0 Å². The summed E-state index contributed by atoms with van der Waals surface area (Å²) in [5, 5.41) is 23.8. The van der Waals surface area contributed by atoms with Crippen molar-refractivity contribution in [1.29, 1.82) is 5.26 Å². The zero-order valence-electron chi connectivity index (χ0n) is 12.4. The molecular formula is C15H15FN6O. The van der Waals surface area contributed by atoms with Crippen LogP contribution in [-0.4, -0.2) is 31.7 Å². The first kappa shape index (κ1) is 15.1. The lowest BCUT2D eigenvalue weighted by Crippen LogP contribution is -2.46. The van der Waals surface area contributed by atoms with Crippen molar-refractivity contribution in [2.45, 2.75) is 37.8 Å². The van der Waals surface area contributed by atoms with Gasteiger partial charge >= 0.3 is 0 Å². The third-order valence-corrected chi connectivity index (χ3v) is 3.89. The number of aromatic nitrogens is 4. The average Bonchev–Trinajstić information content (AvgIpc) is 3.18. The van der Waals surface area contributed by atoms with Gasteiger partial charge in [0.1, 0.15) is 17.9 Å². The molecule has 0 aliphatic heterocycles. The van der Waals surface area contributed by atoms with Gasteiger partial charge in [0.15, 0.2) is 0 Å². The number of nitrogens with zero attached hydrogens (tertiary/aromatic N) is 5. The van der Waals surface area contributed by atoms with Crippen molar-refractivity contribution in [3.8, 4) is 17.5 Å². The van der Waals surface area contributed by atoms with Crippen molar-refractivity contribution in [3.63, 3.8) is 0 Å². The molecule has 0 unspecified atom stereocenters. The van der Waals surface area contributed by atoms with Crippen molar-refractivity contribution in [2.75, 3.05) is 0 Å². The van der Waals surface area contributed by atoms with Gasteiger partial charge in [0, 0.05) is 5.56 Å². The van der Waals surface area contributed by atoms with Crippen molar-refractivity contribution in [1.82, 2.24) is 25.5 Å². The molecule has 23 heavy (non-hydrogen) atoms. The molecule has 1 aromatic carbocycles. The first-order chi connectivity index (χ1) is 11.1. The van der Waals surface area contributed by atoms with E-state index < -0.39 is 5.54 Å². The minimum atomic E-state index is -0.766. The summed E-state index contributed by atoms with van der Waals surface area (Å²) in [4.78, 5) is 13.2. The Kier molecular flexibility index (Phi) is 4.02. The van der Waals surface area contributed by atoms with Gasteiger partial charge < -0.3 is 5.32 Å². The van der Waals surface area contributed by atoms with E-state index in [1.807, 2.05) is 0 Å². The molecule has 3 rings (SSSR count). The molecular weight excluding hydrogens is 299 g/mol. The highest BCUT2D eigenvalue weighted by Crippen LogP contribution is 2.28. The molecule has 1 fully saturated rings. The Morgan fingerprint density at radius 2 is 2.04 bits per heavy atom. The maximum absolute atomic E-state index is 12.9. The number of nitriles is 1. The van der Waals surface area contributed by atoms with Crippen LogP contribution in [0.2, 0.25) is 0 Å². The number of hydrogen-bond acceptors (Lipinski definition) is 5. The predicted octanol–water partition coefficient (Wildman–Crippen LogP) is 1.43. The van der Waals surface area contributed by atoms with Gasteiger partial charge in [-0.2, -0.15) is 10.1 Å². The number of carbonyl (C=O) groups is 1. The van der Waals surface area contributed by atoms with Gasteiger partial charge in [-0.15, -0.1) is 10.2 Å². The number of hydrogen-bond donors (Lipinski definition) is 1. The van der Waals surface area contributed by atoms with Gasteiger partial charge in [0.2, 0.25) is 11.7 Å². The van der Waals surface area contributed by atoms with E-state index in [2.05, 4.69) is 26.8 Å². The second-order valence-electron chi connectivity index (χ2n) is 5.60. The molecule has 2 aromatic rings. The van der Waals surface area contributed by atoms with Gasteiger partial charge in [-0.05, 0) is 55.2 Å². The van der Waals surface area contributed by atoms with E-state index in [0.29, 0.717) is 24.2 Å². The number of nitrogens with one attached hydrogen (secondary N) is 1. The molecule has 1 amide bonds. The third-order valence-electron chi connectivity index (χ3n) is 3.89. The molecule has 118 valence electrons. The topological polar surface area (TPSA) is 96.5 Å². The van der Waals surface area contributed by atoms with E-state index in [0.717, 1.165) is 17.6 Å². The molecule has 1 N–H and O–H groups in total. The lowest BCUT2D eigenvalue weighted by Gasteiger charge is -2.21. The third kappa shape index (κ3) is 3.34. The fraction of sp³-hybridized carbons (Fsp3) is 0.400. The zero-order valence-corrected chi connectivity index (χ0v) is 12.4. The molecule has 0 atom stereocenters. The Bertz CT molecular complexity index is 742. The first-order valence-electron chi connectivity index (χ1n) is 7.36. The smallest absolute Gasteiger partial charge is 0.244 e. The van der Waals surface area contributed by atoms with Crippen molar-refractivity contribution >= 4 is 5.91 Å². The summed E-state index contributed by atoms with van der Waals surface area (Å²) in [5.74, 6) is -0.357. The Labute approximate surface area is 132 Å². The van der Waals surface area contributed by atoms with Crippen LogP contribution >= 0.6 is 0 Å². The molecule has 7 nitrogen and oxygen atoms in total. The Morgan fingerprint density at radius 3 is 2.70 bits per heavy atom. The summed E-state index contributed by atoms with van der Waals surface area (Å²) < 4.78 is 12.9. The van der Waals surface area contributed by atoms with Gasteiger partial charge in [-0.1, -0.05) is 0 Å². The number of benzene rings is 1. The SMILES string of the molecule is N#CC1(NC(=O)Cn2nnc(-c3ccc(F)cc3)n2)CCCC1. The lowest BCUT2D eigenvalue weighted by atomic mass is 10.00. The van der Waals surface area contributed by atoms with Crippen molar-refractivity contribution < 1.29 is 9.18 Å². The molecule has 0 spiro atoms. The number of amides is 1. The van der Waals surface area contributed by atoms with Gasteiger partial charge in [-0.25, -0.2) is 4.39 Å². The minimum absolute atomic E-state index is 0.113. The molecule has 1 heterocycles. The van der Waals surface area contributed by atoms with Crippen LogP contribution in [0.1, 0.15) is 25.7 Å². The van der Waals surface area contributed by atoms with E-state index in [9.17, 15) is 14.4 Å². The fourth-order valence-corrected chi connectivity index (χ4v) is 2.70. The summed E-state index contributed by atoms with van der Waals surface area (Å²) in [5.41, 5.74) is -0.153. The van der Waals surface area contributed by atoms with Crippen LogP contribution in [0.5, 0.6) is 0 Å². The van der Waals surface area contributed by atoms with E-state index >= 15 is 0 Å². The summed E-state index contributed by atoms with van der Waals surface area (Å²) >= 11 is 0. The number of carbonyl (C=O) groups excluding carboxylic acids is 1. The van der Waals surface area contributed by atoms with E-state index in [-0.39, 0.29) is 18.3 Å². The molecule has 0 bridgehead atoms. The Hall–Kier alpha value is -2.82. The zero-order chi connectivity index (χ0) is 16.3. The molecule has 1 saturated carbocycles. The lowest BCUT2D eigenvalue weighted by molar-refractivity contribution is -0.123. The molecule has 0 radical (unpaired) electrons. The highest BCUT2D eigenvalue weighted by molar-refractivity contribution is 5.77. The highest BCUT2D eigenvalue weighted by Gasteiger charge is 2.35. The van der Waals surface area contributed by atoms with Crippen LogP contribution in [0, 0.1) is 17.1 Å². The molecule has 1 aliphatic rings. The number of tetrazole rings is 1. The number of halogens is 1. The van der Waals surface area contributed by atoms with Crippen LogP contribution < -0.4 is 5.32 Å². The number of rotatable bonds is 4. The summed E-state index contributed by atoms with van der Waals surface area (Å²) in [6.07, 6.45) is 3.20. The predicted molar refractivity (Wildman–Crippen MR) is 78.2 cm³/mol. The van der Waals surface area contributed by atoms with Crippen LogP contribution in [0.25, 0.3) is 11.4 Å². The second-order valence-corrected chi connectivity index (χ2v) is 5.60. The average molecular weight is 314 g/mol. The summed E-state index contributed by atoms with van der Waals surface area (Å²) in [7, 11) is 0. The fourth-order valence-electron chi connectivity index (χ4n) is 2.70. The van der Waals surface area contributed by atoms with Crippen molar-refractivity contribution in [3.05, 3.63) is 30.1 Å². The monoisotopic (exact) mass is 314 g/mol. The highest BCUT2D eigenvalue weighted by atomic mass is 19.1. The second kappa shape index (κ2) is 6.12. The molecule has 1 aromatic heterocycles. The van der Waals surface area contributed by atoms with Crippen LogP contribution in [-0.2, 0) is 11.3 Å². The molecule has 0 saturated heterocycles. The van der Waals surface area contributed by atoms with E-state index in [4.69, 9.17) is 0 Å². The van der Waals surface area contributed by atoms with E-state index in [1.165, 1.54) is 12.1 Å². The Morgan fingerprint density at radius 1 is 1.35 bits per heavy atom. The Balaban J connectivity index is 1.66. The normalized spacial score (nSPS) is 16.0. The first-order valence-corrected chi connectivity index (χ1v) is 7.36. The van der Waals surface area contributed by atoms with Gasteiger partial charge in [0.25, 0.3) is 0 Å². The maximum atomic E-state index is 12.9. The molecule has 1 aliphatic carbocycles. The summed E-state index contributed by atoms with van der Waals surface area (Å²) in [6, 6.07) is 7.89. The standard InChI is InChI=1S/C15H15FN6O/c16-12-5-3-11(4-6-12)14-19-21-22(20-14)9-13(23)18-15(10-17)7-1-2-8-15/h3-6H,1-2,7-9H2,(H,18,23). The van der Waals surface area contributed by atoms with E-state index in [1.54, 1.807) is 12.1 Å². The molecule has 8 heteroatoms. The largest absolute Gasteiger partial charge is 0.336 e. The van der Waals surface area contributed by atoms with Crippen LogP contribution in [0.15, 0.2) is 24.3 Å². The maximum Gasteiger partial charge on any atom is 0.244 e. The quantitative estimate of drug-likeness (QED) is 0.921. The summed E-state index contributed by atoms with van der Waals surface area (Å²) in [6.45, 7) is -0.113. The van der Waals surface area contributed by atoms with Gasteiger partial charge in [0.05, 0.1) is 6.07 Å². The van der Waals surface area contributed by atoms with Gasteiger partial charge in [-0.3, -0.25) is 4.79 Å². The van der Waals surface area contributed by atoms with Crippen LogP contribution in [0.4, 0.5) is 4.39 Å². The van der Waals surface area contributed by atoms with Crippen LogP contribution in [0.3, 0.4) is 0 Å². The minimum Gasteiger partial charge on any atom is -0.336 e.